The molecule has 0 unspecified atom stereocenters. The number of hydrogen-bond acceptors (Lipinski definition) is 4. The fraction of sp³-hybridized carbons (Fsp3) is 0.667. The topological polar surface area (TPSA) is 45.7 Å². The number of ether oxygens (including phenoxy) is 1. The first-order valence-electron chi connectivity index (χ1n) is 9.03. The van der Waals surface area contributed by atoms with Gasteiger partial charge in [-0.25, -0.2) is 4.98 Å². The van der Waals surface area contributed by atoms with Gasteiger partial charge in [-0.1, -0.05) is 49.4 Å². The molecule has 0 bridgehead atoms. The molecule has 0 atom stereocenters. The highest BCUT2D eigenvalue weighted by atomic mass is 35.5. The summed E-state index contributed by atoms with van der Waals surface area (Å²) in [5.41, 5.74) is 0.242. The van der Waals surface area contributed by atoms with Gasteiger partial charge in [-0.3, -0.25) is 9.69 Å². The minimum Gasteiger partial charge on any atom is -0.379 e. The fourth-order valence-electron chi connectivity index (χ4n) is 2.85. The molecule has 1 aromatic rings. The third kappa shape index (κ3) is 6.74. The van der Waals surface area contributed by atoms with E-state index < -0.39 is 0 Å². The Hall–Kier alpha value is -0.880. The van der Waals surface area contributed by atoms with Crippen LogP contribution in [0.2, 0.25) is 10.2 Å². The first-order chi connectivity index (χ1) is 12.1. The molecule has 2 heterocycles. The van der Waals surface area contributed by atoms with Gasteiger partial charge in [0.1, 0.15) is 10.8 Å². The summed E-state index contributed by atoms with van der Waals surface area (Å²) in [6.07, 6.45) is 4.46. The third-order valence-electron chi connectivity index (χ3n) is 4.37. The Morgan fingerprint density at radius 2 is 1.96 bits per heavy atom. The predicted molar refractivity (Wildman–Crippen MR) is 102 cm³/mol. The van der Waals surface area contributed by atoms with Crippen LogP contribution in [0.25, 0.3) is 0 Å². The molecule has 1 amide bonds. The van der Waals surface area contributed by atoms with Gasteiger partial charge in [0.15, 0.2) is 0 Å². The molecule has 5 nitrogen and oxygen atoms in total. The number of morpholine rings is 1. The van der Waals surface area contributed by atoms with Gasteiger partial charge in [0.05, 0.1) is 18.2 Å². The van der Waals surface area contributed by atoms with Crippen molar-refractivity contribution in [3.05, 3.63) is 28.0 Å². The summed E-state index contributed by atoms with van der Waals surface area (Å²) < 4.78 is 5.38. The Kier molecular flexibility index (Phi) is 8.96. The van der Waals surface area contributed by atoms with Crippen LogP contribution in [0, 0.1) is 0 Å². The summed E-state index contributed by atoms with van der Waals surface area (Å²) in [5, 5.41) is 0.631. The largest absolute Gasteiger partial charge is 0.379 e. The number of aromatic nitrogens is 1. The maximum absolute atomic E-state index is 12.9. The van der Waals surface area contributed by atoms with E-state index in [2.05, 4.69) is 16.8 Å². The van der Waals surface area contributed by atoms with E-state index in [1.807, 2.05) is 4.90 Å². The molecule has 1 aromatic heterocycles. The van der Waals surface area contributed by atoms with E-state index in [0.717, 1.165) is 45.7 Å². The lowest BCUT2D eigenvalue weighted by atomic mass is 10.2. The Bertz CT molecular complexity index is 551. The third-order valence-corrected chi connectivity index (χ3v) is 4.89. The van der Waals surface area contributed by atoms with Crippen molar-refractivity contribution in [1.82, 2.24) is 14.8 Å². The van der Waals surface area contributed by atoms with Crippen molar-refractivity contribution in [2.45, 2.75) is 32.6 Å². The number of carbonyl (C=O) groups excluding carboxylic acids is 1. The Labute approximate surface area is 160 Å². The average Bonchev–Trinajstić information content (AvgIpc) is 2.63. The molecule has 1 fully saturated rings. The monoisotopic (exact) mass is 387 g/mol. The number of hydrogen-bond donors (Lipinski definition) is 0. The summed E-state index contributed by atoms with van der Waals surface area (Å²) in [6.45, 7) is 7.72. The van der Waals surface area contributed by atoms with Crippen LogP contribution in [0.4, 0.5) is 0 Å². The van der Waals surface area contributed by atoms with Crippen LogP contribution in [0.15, 0.2) is 12.1 Å². The second-order valence-electron chi connectivity index (χ2n) is 6.27. The zero-order valence-electron chi connectivity index (χ0n) is 14.8. The van der Waals surface area contributed by atoms with Crippen molar-refractivity contribution < 1.29 is 9.53 Å². The van der Waals surface area contributed by atoms with Gasteiger partial charge in [0.25, 0.3) is 5.91 Å². The van der Waals surface area contributed by atoms with Crippen molar-refractivity contribution in [3.8, 4) is 0 Å². The quantitative estimate of drug-likeness (QED) is 0.478. The maximum atomic E-state index is 12.9. The zero-order chi connectivity index (χ0) is 18.1. The van der Waals surface area contributed by atoms with Crippen molar-refractivity contribution in [2.24, 2.45) is 0 Å². The van der Waals surface area contributed by atoms with Gasteiger partial charge < -0.3 is 9.64 Å². The number of pyridine rings is 1. The first kappa shape index (κ1) is 20.4. The molecule has 0 aliphatic carbocycles. The van der Waals surface area contributed by atoms with Crippen molar-refractivity contribution in [3.63, 3.8) is 0 Å². The fourth-order valence-corrected chi connectivity index (χ4v) is 3.18. The summed E-state index contributed by atoms with van der Waals surface area (Å²) >= 11 is 12.1. The first-order valence-corrected chi connectivity index (χ1v) is 9.79. The summed E-state index contributed by atoms with van der Waals surface area (Å²) in [6, 6.07) is 3.22. The smallest absolute Gasteiger partial charge is 0.274 e. The molecule has 1 aliphatic heterocycles. The maximum Gasteiger partial charge on any atom is 0.274 e. The minimum atomic E-state index is -0.141. The predicted octanol–water partition coefficient (Wildman–Crippen LogP) is 3.74. The Balaban J connectivity index is 2.00. The normalized spacial score (nSPS) is 15.3. The number of rotatable bonds is 9. The number of amides is 1. The van der Waals surface area contributed by atoms with E-state index in [4.69, 9.17) is 27.9 Å². The second kappa shape index (κ2) is 11.0. The van der Waals surface area contributed by atoms with Crippen LogP contribution >= 0.6 is 23.2 Å². The van der Waals surface area contributed by atoms with Crippen molar-refractivity contribution in [1.29, 1.82) is 0 Å². The second-order valence-corrected chi connectivity index (χ2v) is 7.07. The molecule has 1 saturated heterocycles. The van der Waals surface area contributed by atoms with Crippen LogP contribution in [0.5, 0.6) is 0 Å². The van der Waals surface area contributed by atoms with Gasteiger partial charge in [-0.2, -0.15) is 0 Å². The highest BCUT2D eigenvalue weighted by Crippen LogP contribution is 2.19. The highest BCUT2D eigenvalue weighted by Gasteiger charge is 2.21. The van der Waals surface area contributed by atoms with E-state index in [9.17, 15) is 4.79 Å². The van der Waals surface area contributed by atoms with Gasteiger partial charge in [-0.05, 0) is 18.6 Å². The van der Waals surface area contributed by atoms with Gasteiger partial charge in [0.2, 0.25) is 0 Å². The molecule has 0 spiro atoms. The SMILES string of the molecule is CCCCCCN(CCN1CCOCC1)C(=O)c1nc(Cl)ccc1Cl. The molecule has 25 heavy (non-hydrogen) atoms. The minimum absolute atomic E-state index is 0.141. The van der Waals surface area contributed by atoms with Gasteiger partial charge in [0, 0.05) is 32.7 Å². The number of nitrogens with zero attached hydrogens (tertiary/aromatic N) is 3. The molecule has 0 radical (unpaired) electrons. The van der Waals surface area contributed by atoms with Crippen LogP contribution in [-0.4, -0.2) is 66.6 Å². The Morgan fingerprint density at radius 1 is 1.20 bits per heavy atom. The lowest BCUT2D eigenvalue weighted by molar-refractivity contribution is 0.0323. The number of halogens is 2. The summed E-state index contributed by atoms with van der Waals surface area (Å²) in [7, 11) is 0. The molecule has 0 N–H and O–H groups in total. The number of unbranched alkanes of at least 4 members (excludes halogenated alkanes) is 3. The van der Waals surface area contributed by atoms with Gasteiger partial charge in [-0.15, -0.1) is 0 Å². The van der Waals surface area contributed by atoms with Crippen molar-refractivity contribution in [2.75, 3.05) is 45.9 Å². The van der Waals surface area contributed by atoms with Gasteiger partial charge >= 0.3 is 0 Å². The lowest BCUT2D eigenvalue weighted by Crippen LogP contribution is -2.43. The molecule has 0 aromatic carbocycles. The van der Waals surface area contributed by atoms with E-state index in [1.165, 1.54) is 12.8 Å². The van der Waals surface area contributed by atoms with E-state index >= 15 is 0 Å². The van der Waals surface area contributed by atoms with E-state index in [-0.39, 0.29) is 16.8 Å². The zero-order valence-corrected chi connectivity index (χ0v) is 16.4. The summed E-state index contributed by atoms with van der Waals surface area (Å²) in [5.74, 6) is -0.141. The lowest BCUT2D eigenvalue weighted by Gasteiger charge is -2.30. The molecule has 2 rings (SSSR count). The van der Waals surface area contributed by atoms with E-state index in [0.29, 0.717) is 18.1 Å². The van der Waals surface area contributed by atoms with Crippen LogP contribution in [0.1, 0.15) is 43.1 Å². The highest BCUT2D eigenvalue weighted by molar-refractivity contribution is 6.34. The number of carbonyl (C=O) groups is 1. The average molecular weight is 388 g/mol. The van der Waals surface area contributed by atoms with Crippen molar-refractivity contribution >= 4 is 29.1 Å². The van der Waals surface area contributed by atoms with E-state index in [1.54, 1.807) is 12.1 Å². The molecule has 140 valence electrons. The van der Waals surface area contributed by atoms with Crippen LogP contribution < -0.4 is 0 Å². The standard InChI is InChI=1S/C18H27Cl2N3O2/c1-2-3-4-5-8-23(10-9-22-11-13-25-14-12-22)18(24)17-15(19)6-7-16(20)21-17/h6-7H,2-5,8-14H2,1H3. The summed E-state index contributed by atoms with van der Waals surface area (Å²) in [4.78, 5) is 21.3. The van der Waals surface area contributed by atoms with Crippen LogP contribution in [0.3, 0.4) is 0 Å². The molecule has 0 saturated carbocycles. The molecule has 7 heteroatoms. The molecular weight excluding hydrogens is 361 g/mol. The molecular formula is C18H27Cl2N3O2. The Morgan fingerprint density at radius 3 is 2.68 bits per heavy atom. The molecule has 1 aliphatic rings. The van der Waals surface area contributed by atoms with Crippen LogP contribution in [-0.2, 0) is 4.74 Å².